The molecule has 0 saturated carbocycles. The fraction of sp³-hybridized carbons (Fsp3) is 0.348. The van der Waals surface area contributed by atoms with Crippen LogP contribution in [0.1, 0.15) is 46.8 Å². The second-order valence-corrected chi connectivity index (χ2v) is 8.46. The van der Waals surface area contributed by atoms with Gasteiger partial charge in [0.1, 0.15) is 11.3 Å². The molecule has 0 atom stereocenters. The first-order valence-corrected chi connectivity index (χ1v) is 10.4. The third-order valence-electron chi connectivity index (χ3n) is 5.92. The first kappa shape index (κ1) is 22.3. The van der Waals surface area contributed by atoms with Gasteiger partial charge >= 0.3 is 12.0 Å². The second kappa shape index (κ2) is 8.19. The van der Waals surface area contributed by atoms with Crippen LogP contribution < -0.4 is 4.90 Å². The van der Waals surface area contributed by atoms with Gasteiger partial charge in [-0.3, -0.25) is 9.48 Å². The summed E-state index contributed by atoms with van der Waals surface area (Å²) in [6.07, 6.45) is 3.16. The molecule has 33 heavy (non-hydrogen) atoms. The van der Waals surface area contributed by atoms with Crippen LogP contribution in [0, 0.1) is 13.8 Å². The molecule has 0 unspecified atom stereocenters. The van der Waals surface area contributed by atoms with Crippen molar-refractivity contribution in [2.75, 3.05) is 12.0 Å². The van der Waals surface area contributed by atoms with E-state index in [-0.39, 0.29) is 12.5 Å². The van der Waals surface area contributed by atoms with Crippen molar-refractivity contribution in [1.29, 1.82) is 0 Å². The van der Waals surface area contributed by atoms with Gasteiger partial charge in [0.15, 0.2) is 0 Å². The lowest BCUT2D eigenvalue weighted by Crippen LogP contribution is -2.43. The summed E-state index contributed by atoms with van der Waals surface area (Å²) in [4.78, 5) is 40.8. The lowest BCUT2D eigenvalue weighted by molar-refractivity contribution is -0.123. The van der Waals surface area contributed by atoms with E-state index in [1.807, 2.05) is 13.8 Å². The van der Waals surface area contributed by atoms with E-state index in [0.29, 0.717) is 23.6 Å². The standard InChI is InChI=1S/C23H25N5O5/c1-14-19(15(2)33-25-14)13-26-12-18(10-24-26)28-21(30)23(3,4)27(22(28)31)11-16-6-8-17(9-7-16)20(29)32-5/h6-10,12H,11,13H2,1-5H3. The van der Waals surface area contributed by atoms with Crippen LogP contribution in [0.4, 0.5) is 10.5 Å². The molecule has 172 valence electrons. The highest BCUT2D eigenvalue weighted by atomic mass is 16.5. The van der Waals surface area contributed by atoms with Crippen LogP contribution in [-0.4, -0.2) is 50.4 Å². The van der Waals surface area contributed by atoms with E-state index in [0.717, 1.165) is 21.7 Å². The Bertz CT molecular complexity index is 1200. The number of nitrogens with zero attached hydrogens (tertiary/aromatic N) is 5. The molecule has 0 radical (unpaired) electrons. The number of methoxy groups -OCH3 is 1. The Balaban J connectivity index is 1.55. The normalized spacial score (nSPS) is 15.4. The molecule has 0 spiro atoms. The van der Waals surface area contributed by atoms with E-state index in [1.165, 1.54) is 18.2 Å². The molecule has 0 N–H and O–H groups in total. The van der Waals surface area contributed by atoms with Gasteiger partial charge in [-0.25, -0.2) is 14.5 Å². The van der Waals surface area contributed by atoms with Crippen molar-refractivity contribution in [2.24, 2.45) is 0 Å². The summed E-state index contributed by atoms with van der Waals surface area (Å²) in [6.45, 7) is 7.72. The third kappa shape index (κ3) is 3.88. The number of anilines is 1. The van der Waals surface area contributed by atoms with E-state index < -0.39 is 17.5 Å². The van der Waals surface area contributed by atoms with Crippen molar-refractivity contribution in [3.8, 4) is 0 Å². The molecular formula is C23H25N5O5. The smallest absolute Gasteiger partial charge is 0.337 e. The molecule has 1 aliphatic rings. The van der Waals surface area contributed by atoms with E-state index in [1.54, 1.807) is 49.0 Å². The Morgan fingerprint density at radius 2 is 1.82 bits per heavy atom. The molecule has 1 aromatic carbocycles. The van der Waals surface area contributed by atoms with Crippen LogP contribution >= 0.6 is 0 Å². The predicted molar refractivity (Wildman–Crippen MR) is 118 cm³/mol. The van der Waals surface area contributed by atoms with Crippen molar-refractivity contribution in [3.05, 3.63) is 64.8 Å². The number of ether oxygens (including phenoxy) is 1. The van der Waals surface area contributed by atoms with Gasteiger partial charge in [0.25, 0.3) is 5.91 Å². The van der Waals surface area contributed by atoms with Gasteiger partial charge in [-0.1, -0.05) is 17.3 Å². The minimum Gasteiger partial charge on any atom is -0.465 e. The van der Waals surface area contributed by atoms with Crippen molar-refractivity contribution < 1.29 is 23.6 Å². The zero-order valence-corrected chi connectivity index (χ0v) is 19.2. The number of esters is 1. The molecule has 10 nitrogen and oxygen atoms in total. The maximum absolute atomic E-state index is 13.3. The number of imide groups is 1. The average Bonchev–Trinajstić information content (AvgIpc) is 3.42. The first-order chi connectivity index (χ1) is 15.6. The summed E-state index contributed by atoms with van der Waals surface area (Å²) in [5.74, 6) is -0.0759. The Hall–Kier alpha value is -3.95. The SMILES string of the molecule is COC(=O)c1ccc(CN2C(=O)N(c3cnn(Cc4c(C)noc4C)c3)C(=O)C2(C)C)cc1. The largest absolute Gasteiger partial charge is 0.465 e. The summed E-state index contributed by atoms with van der Waals surface area (Å²) in [7, 11) is 1.32. The summed E-state index contributed by atoms with van der Waals surface area (Å²) >= 11 is 0. The number of benzene rings is 1. The minimum atomic E-state index is -1.05. The van der Waals surface area contributed by atoms with E-state index in [2.05, 4.69) is 10.3 Å². The maximum Gasteiger partial charge on any atom is 0.337 e. The lowest BCUT2D eigenvalue weighted by Gasteiger charge is -2.27. The van der Waals surface area contributed by atoms with Crippen LogP contribution in [0.15, 0.2) is 41.2 Å². The fourth-order valence-corrected chi connectivity index (χ4v) is 3.82. The van der Waals surface area contributed by atoms with Crippen LogP contribution in [0.3, 0.4) is 0 Å². The number of hydrogen-bond acceptors (Lipinski definition) is 7. The average molecular weight is 451 g/mol. The number of hydrogen-bond donors (Lipinski definition) is 0. The predicted octanol–water partition coefficient (Wildman–Crippen LogP) is 3.07. The topological polar surface area (TPSA) is 111 Å². The van der Waals surface area contributed by atoms with Crippen molar-refractivity contribution in [2.45, 2.75) is 46.3 Å². The molecular weight excluding hydrogens is 426 g/mol. The van der Waals surface area contributed by atoms with Gasteiger partial charge in [0, 0.05) is 18.3 Å². The number of rotatable bonds is 6. The van der Waals surface area contributed by atoms with Crippen LogP contribution in [0.2, 0.25) is 0 Å². The molecule has 10 heteroatoms. The molecule has 1 fully saturated rings. The Morgan fingerprint density at radius 3 is 2.42 bits per heavy atom. The highest BCUT2D eigenvalue weighted by molar-refractivity contribution is 6.22. The molecule has 3 heterocycles. The van der Waals surface area contributed by atoms with Crippen LogP contribution in [-0.2, 0) is 22.6 Å². The third-order valence-corrected chi connectivity index (χ3v) is 5.92. The monoisotopic (exact) mass is 451 g/mol. The van der Waals surface area contributed by atoms with Crippen LogP contribution in [0.25, 0.3) is 0 Å². The van der Waals surface area contributed by atoms with Gasteiger partial charge < -0.3 is 14.2 Å². The molecule has 4 rings (SSSR count). The van der Waals surface area contributed by atoms with Crippen LogP contribution in [0.5, 0.6) is 0 Å². The highest BCUT2D eigenvalue weighted by Gasteiger charge is 2.52. The van der Waals surface area contributed by atoms with Gasteiger partial charge in [0.2, 0.25) is 0 Å². The highest BCUT2D eigenvalue weighted by Crippen LogP contribution is 2.33. The molecule has 3 aromatic rings. The number of carbonyl (C=O) groups excluding carboxylic acids is 3. The van der Waals surface area contributed by atoms with Crippen molar-refractivity contribution in [3.63, 3.8) is 0 Å². The summed E-state index contributed by atoms with van der Waals surface area (Å²) in [6, 6.07) is 6.31. The first-order valence-electron chi connectivity index (χ1n) is 10.4. The number of amides is 3. The summed E-state index contributed by atoms with van der Waals surface area (Å²) in [5, 5.41) is 8.26. The zero-order valence-electron chi connectivity index (χ0n) is 19.2. The fourth-order valence-electron chi connectivity index (χ4n) is 3.82. The van der Waals surface area contributed by atoms with Crippen molar-refractivity contribution >= 4 is 23.6 Å². The molecule has 1 aliphatic heterocycles. The van der Waals surface area contributed by atoms with Gasteiger partial charge in [-0.05, 0) is 45.4 Å². The molecule has 1 saturated heterocycles. The van der Waals surface area contributed by atoms with E-state index >= 15 is 0 Å². The molecule has 0 bridgehead atoms. The number of aryl methyl sites for hydroxylation is 2. The maximum atomic E-state index is 13.3. The number of carbonyl (C=O) groups is 3. The number of urea groups is 1. The summed E-state index contributed by atoms with van der Waals surface area (Å²) in [5.41, 5.74) is 2.21. The van der Waals surface area contributed by atoms with E-state index in [9.17, 15) is 14.4 Å². The number of aromatic nitrogens is 3. The van der Waals surface area contributed by atoms with Gasteiger partial charge in [-0.15, -0.1) is 0 Å². The van der Waals surface area contributed by atoms with Gasteiger partial charge in [-0.2, -0.15) is 5.10 Å². The van der Waals surface area contributed by atoms with Gasteiger partial charge in [0.05, 0.1) is 36.8 Å². The molecule has 2 aromatic heterocycles. The summed E-state index contributed by atoms with van der Waals surface area (Å²) < 4.78 is 11.5. The van der Waals surface area contributed by atoms with E-state index in [4.69, 9.17) is 9.26 Å². The lowest BCUT2D eigenvalue weighted by atomic mass is 10.0. The second-order valence-electron chi connectivity index (χ2n) is 8.46. The Morgan fingerprint density at radius 1 is 1.12 bits per heavy atom. The quantitative estimate of drug-likeness (QED) is 0.418. The minimum absolute atomic E-state index is 0.211. The molecule has 0 aliphatic carbocycles. The Labute approximate surface area is 190 Å². The Kier molecular flexibility index (Phi) is 5.52. The zero-order chi connectivity index (χ0) is 23.9. The van der Waals surface area contributed by atoms with Crippen molar-refractivity contribution in [1.82, 2.24) is 19.8 Å². The molecule has 3 amide bonds.